The number of rotatable bonds is 5. The number of aliphatic hydroxyl groups is 7. The molecule has 3 rings (SSSR count). The van der Waals surface area contributed by atoms with Crippen LogP contribution in [0.5, 0.6) is 0 Å². The van der Waals surface area contributed by atoms with Crippen LogP contribution < -0.4 is 0 Å². The first-order chi connectivity index (χ1) is 15.0. The van der Waals surface area contributed by atoms with Gasteiger partial charge in [0.15, 0.2) is 18.9 Å². The first-order valence-corrected chi connectivity index (χ1v) is 10.5. The van der Waals surface area contributed by atoms with Gasteiger partial charge < -0.3 is 64.2 Å². The highest BCUT2D eigenvalue weighted by Crippen LogP contribution is 2.32. The largest absolute Gasteiger partial charge is 0.388 e. The van der Waals surface area contributed by atoms with E-state index in [4.69, 9.17) is 28.4 Å². The SMILES string of the molecule is CO[C@H]1O[C@@H](C)[C@H](O)[C@H](O)[C@H]1O[C@H]1O[C@@H](C)[C@H](O)[C@H](O)[C@H]1O[C@H]1O[C@@H](C)[C@H](O)[C@H](O)[C@H]1O. The van der Waals surface area contributed by atoms with Crippen LogP contribution >= 0.6 is 0 Å². The minimum absolute atomic E-state index is 0.749. The summed E-state index contributed by atoms with van der Waals surface area (Å²) in [7, 11) is 1.31. The lowest BCUT2D eigenvalue weighted by Gasteiger charge is -2.48. The molecule has 3 heterocycles. The summed E-state index contributed by atoms with van der Waals surface area (Å²) >= 11 is 0. The fourth-order valence-electron chi connectivity index (χ4n) is 4.03. The highest BCUT2D eigenvalue weighted by Gasteiger charge is 2.52. The molecular formula is C19H34O13. The first kappa shape index (κ1) is 26.1. The molecule has 3 aliphatic rings. The molecule has 0 aromatic heterocycles. The standard InChI is InChI=1S/C19H34O13/c1-5-8(20)11(23)14(26)17(28-5)31-16-13(25)10(22)7(3)30-19(16)32-15-12(24)9(21)6(2)29-18(15)27-4/h5-26H,1-4H3/t5-,6-,7-,8-,9-,10-,11-,12-,13-,14+,15+,16+,17+,18-,19+/m0/s1. The highest BCUT2D eigenvalue weighted by atomic mass is 16.8. The van der Waals surface area contributed by atoms with E-state index in [9.17, 15) is 35.7 Å². The number of methoxy groups -OCH3 is 1. The van der Waals surface area contributed by atoms with Crippen molar-refractivity contribution >= 4 is 0 Å². The number of aliphatic hydroxyl groups excluding tert-OH is 7. The van der Waals surface area contributed by atoms with Crippen LogP contribution in [0, 0.1) is 0 Å². The Bertz CT molecular complexity index is 608. The second kappa shape index (κ2) is 10.4. The summed E-state index contributed by atoms with van der Waals surface area (Å²) in [5.41, 5.74) is 0. The molecule has 0 saturated carbocycles. The summed E-state index contributed by atoms with van der Waals surface area (Å²) in [5, 5.41) is 71.7. The minimum atomic E-state index is -1.68. The Labute approximate surface area is 185 Å². The van der Waals surface area contributed by atoms with Gasteiger partial charge in [0, 0.05) is 7.11 Å². The van der Waals surface area contributed by atoms with Gasteiger partial charge in [-0.05, 0) is 20.8 Å². The molecule has 0 unspecified atom stereocenters. The molecule has 32 heavy (non-hydrogen) atoms. The lowest BCUT2D eigenvalue weighted by atomic mass is 9.97. The van der Waals surface area contributed by atoms with Crippen molar-refractivity contribution in [1.82, 2.24) is 0 Å². The van der Waals surface area contributed by atoms with Crippen LogP contribution in [0.4, 0.5) is 0 Å². The Kier molecular flexibility index (Phi) is 8.48. The van der Waals surface area contributed by atoms with Crippen molar-refractivity contribution < 1.29 is 64.2 Å². The van der Waals surface area contributed by atoms with E-state index < -0.39 is 92.1 Å². The molecule has 3 saturated heterocycles. The maximum atomic E-state index is 10.6. The van der Waals surface area contributed by atoms with E-state index in [0.29, 0.717) is 0 Å². The van der Waals surface area contributed by atoms with E-state index in [2.05, 4.69) is 0 Å². The molecule has 0 aromatic carbocycles. The molecule has 0 aliphatic carbocycles. The molecule has 13 nitrogen and oxygen atoms in total. The van der Waals surface area contributed by atoms with Gasteiger partial charge >= 0.3 is 0 Å². The van der Waals surface area contributed by atoms with Crippen LogP contribution in [0.1, 0.15) is 20.8 Å². The fourth-order valence-corrected chi connectivity index (χ4v) is 4.03. The summed E-state index contributed by atoms with van der Waals surface area (Å²) < 4.78 is 33.2. The predicted molar refractivity (Wildman–Crippen MR) is 102 cm³/mol. The molecule has 3 fully saturated rings. The first-order valence-electron chi connectivity index (χ1n) is 10.5. The van der Waals surface area contributed by atoms with E-state index in [1.165, 1.54) is 21.0 Å². The van der Waals surface area contributed by atoms with E-state index in [1.807, 2.05) is 0 Å². The zero-order valence-electron chi connectivity index (χ0n) is 18.2. The van der Waals surface area contributed by atoms with Crippen LogP contribution in [0.15, 0.2) is 0 Å². The molecule has 188 valence electrons. The summed E-state index contributed by atoms with van der Waals surface area (Å²) in [6.07, 6.45) is -19.7. The highest BCUT2D eigenvalue weighted by molar-refractivity contribution is 4.94. The molecule has 3 aliphatic heterocycles. The van der Waals surface area contributed by atoms with Gasteiger partial charge in [-0.3, -0.25) is 0 Å². The van der Waals surface area contributed by atoms with Gasteiger partial charge in [-0.1, -0.05) is 0 Å². The van der Waals surface area contributed by atoms with Crippen molar-refractivity contribution in [3.8, 4) is 0 Å². The lowest BCUT2D eigenvalue weighted by molar-refractivity contribution is -0.387. The molecule has 0 bridgehead atoms. The van der Waals surface area contributed by atoms with Crippen molar-refractivity contribution in [2.24, 2.45) is 0 Å². The third-order valence-electron chi connectivity index (χ3n) is 6.19. The lowest BCUT2D eigenvalue weighted by Crippen LogP contribution is -2.65. The molecular weight excluding hydrogens is 436 g/mol. The van der Waals surface area contributed by atoms with Crippen molar-refractivity contribution in [1.29, 1.82) is 0 Å². The van der Waals surface area contributed by atoms with E-state index in [1.54, 1.807) is 6.92 Å². The van der Waals surface area contributed by atoms with Crippen molar-refractivity contribution in [2.75, 3.05) is 7.11 Å². The maximum absolute atomic E-state index is 10.6. The molecule has 0 aromatic rings. The quantitative estimate of drug-likeness (QED) is 0.206. The average molecular weight is 470 g/mol. The second-order valence-corrected chi connectivity index (χ2v) is 8.50. The van der Waals surface area contributed by atoms with E-state index in [-0.39, 0.29) is 0 Å². The van der Waals surface area contributed by atoms with Crippen molar-refractivity contribution in [3.05, 3.63) is 0 Å². The van der Waals surface area contributed by atoms with Gasteiger partial charge in [0.25, 0.3) is 0 Å². The smallest absolute Gasteiger partial charge is 0.187 e. The Morgan fingerprint density at radius 3 is 1.34 bits per heavy atom. The van der Waals surface area contributed by atoms with Crippen LogP contribution in [-0.2, 0) is 28.4 Å². The molecule has 0 amide bonds. The van der Waals surface area contributed by atoms with Crippen molar-refractivity contribution in [3.63, 3.8) is 0 Å². The Hall–Kier alpha value is -0.520. The maximum Gasteiger partial charge on any atom is 0.187 e. The molecule has 13 heteroatoms. The van der Waals surface area contributed by atoms with Gasteiger partial charge in [-0.25, -0.2) is 0 Å². The Morgan fingerprint density at radius 2 is 0.844 bits per heavy atom. The summed E-state index contributed by atoms with van der Waals surface area (Å²) in [5.74, 6) is 0. The van der Waals surface area contributed by atoms with Gasteiger partial charge in [0.1, 0.15) is 54.9 Å². The minimum Gasteiger partial charge on any atom is -0.388 e. The third kappa shape index (κ3) is 4.95. The molecule has 0 spiro atoms. The van der Waals surface area contributed by atoms with E-state index >= 15 is 0 Å². The number of hydrogen-bond donors (Lipinski definition) is 7. The van der Waals surface area contributed by atoms with Crippen LogP contribution in [-0.4, -0.2) is 135 Å². The zero-order chi connectivity index (χ0) is 23.9. The van der Waals surface area contributed by atoms with Gasteiger partial charge in [0.2, 0.25) is 0 Å². The summed E-state index contributed by atoms with van der Waals surface area (Å²) in [6.45, 7) is 4.48. The topological polar surface area (TPSA) is 197 Å². The van der Waals surface area contributed by atoms with Gasteiger partial charge in [-0.15, -0.1) is 0 Å². The van der Waals surface area contributed by atoms with Crippen LogP contribution in [0.25, 0.3) is 0 Å². The summed E-state index contributed by atoms with van der Waals surface area (Å²) in [6, 6.07) is 0. The van der Waals surface area contributed by atoms with Gasteiger partial charge in [0.05, 0.1) is 18.3 Å². The fraction of sp³-hybridized carbons (Fsp3) is 1.00. The third-order valence-corrected chi connectivity index (χ3v) is 6.19. The second-order valence-electron chi connectivity index (χ2n) is 8.50. The molecule has 15 atom stereocenters. The van der Waals surface area contributed by atoms with Crippen molar-refractivity contribution in [2.45, 2.75) is 113 Å². The van der Waals surface area contributed by atoms with Crippen LogP contribution in [0.3, 0.4) is 0 Å². The van der Waals surface area contributed by atoms with E-state index in [0.717, 1.165) is 0 Å². The van der Waals surface area contributed by atoms with Gasteiger partial charge in [-0.2, -0.15) is 0 Å². The Balaban J connectivity index is 1.81. The number of ether oxygens (including phenoxy) is 6. The van der Waals surface area contributed by atoms with Crippen LogP contribution in [0.2, 0.25) is 0 Å². The Morgan fingerprint density at radius 1 is 0.469 bits per heavy atom. The summed E-state index contributed by atoms with van der Waals surface area (Å²) in [4.78, 5) is 0. The monoisotopic (exact) mass is 470 g/mol. The zero-order valence-corrected chi connectivity index (χ0v) is 18.2. The molecule has 0 radical (unpaired) electrons. The predicted octanol–water partition coefficient (Wildman–Crippen LogP) is -3.84. The normalized spacial score (nSPS) is 55.0. The number of hydrogen-bond acceptors (Lipinski definition) is 13. The average Bonchev–Trinajstić information content (AvgIpc) is 2.76. The molecule has 7 N–H and O–H groups in total.